The van der Waals surface area contributed by atoms with Crippen LogP contribution < -0.4 is 15.2 Å². The first-order chi connectivity index (χ1) is 10.2. The van der Waals surface area contributed by atoms with Crippen molar-refractivity contribution in [2.24, 2.45) is 7.05 Å². The number of aromatic nitrogens is 2. The first-order valence-electron chi connectivity index (χ1n) is 6.66. The Labute approximate surface area is 122 Å². The van der Waals surface area contributed by atoms with Crippen LogP contribution in [0.2, 0.25) is 0 Å². The summed E-state index contributed by atoms with van der Waals surface area (Å²) in [7, 11) is 3.58. The summed E-state index contributed by atoms with van der Waals surface area (Å²) in [5, 5.41) is 0. The molecule has 0 aliphatic heterocycles. The minimum absolute atomic E-state index is 0.352. The molecule has 2 aromatic carbocycles. The van der Waals surface area contributed by atoms with Crippen molar-refractivity contribution in [1.82, 2.24) is 9.55 Å². The van der Waals surface area contributed by atoms with Crippen LogP contribution in [0.25, 0.3) is 11.0 Å². The molecule has 3 rings (SSSR count). The Morgan fingerprint density at radius 1 is 1.10 bits per heavy atom. The molecule has 5 nitrogen and oxygen atoms in total. The molecule has 0 amide bonds. The molecule has 2 N–H and O–H groups in total. The normalized spacial score (nSPS) is 10.8. The van der Waals surface area contributed by atoms with Crippen LogP contribution in [0.3, 0.4) is 0 Å². The maximum atomic E-state index is 5.95. The number of para-hydroxylation sites is 3. The summed E-state index contributed by atoms with van der Waals surface area (Å²) in [4.78, 5) is 4.55. The Hall–Kier alpha value is -2.69. The fraction of sp³-hybridized carbons (Fsp3) is 0.188. The number of anilines is 1. The van der Waals surface area contributed by atoms with Crippen LogP contribution >= 0.6 is 0 Å². The third kappa shape index (κ3) is 2.38. The van der Waals surface area contributed by atoms with Crippen molar-refractivity contribution < 1.29 is 9.47 Å². The molecular weight excluding hydrogens is 266 g/mol. The quantitative estimate of drug-likeness (QED) is 0.748. The summed E-state index contributed by atoms with van der Waals surface area (Å²) in [6, 6.07) is 13.3. The maximum Gasteiger partial charge on any atom is 0.161 e. The third-order valence-electron chi connectivity index (χ3n) is 3.46. The van der Waals surface area contributed by atoms with E-state index in [2.05, 4.69) is 4.98 Å². The van der Waals surface area contributed by atoms with E-state index in [9.17, 15) is 0 Å². The summed E-state index contributed by atoms with van der Waals surface area (Å²) in [6.45, 7) is 0.352. The van der Waals surface area contributed by atoms with Gasteiger partial charge in [-0.05, 0) is 24.3 Å². The molecule has 0 aliphatic rings. The summed E-state index contributed by atoms with van der Waals surface area (Å²) < 4.78 is 13.1. The largest absolute Gasteiger partial charge is 0.493 e. The van der Waals surface area contributed by atoms with Gasteiger partial charge in [-0.3, -0.25) is 0 Å². The molecule has 5 heteroatoms. The number of hydrogen-bond donors (Lipinski definition) is 1. The number of ether oxygens (including phenoxy) is 2. The van der Waals surface area contributed by atoms with Gasteiger partial charge in [0.15, 0.2) is 11.5 Å². The molecule has 0 saturated carbocycles. The molecule has 0 saturated heterocycles. The topological polar surface area (TPSA) is 62.3 Å². The van der Waals surface area contributed by atoms with Crippen molar-refractivity contribution in [3.8, 4) is 11.5 Å². The van der Waals surface area contributed by atoms with Crippen molar-refractivity contribution in [3.63, 3.8) is 0 Å². The molecule has 108 valence electrons. The summed E-state index contributed by atoms with van der Waals surface area (Å²) in [6.07, 6.45) is 0. The Morgan fingerprint density at radius 3 is 2.57 bits per heavy atom. The highest BCUT2D eigenvalue weighted by atomic mass is 16.5. The number of fused-ring (bicyclic) bond motifs is 1. The van der Waals surface area contributed by atoms with Gasteiger partial charge in [-0.1, -0.05) is 18.2 Å². The van der Waals surface area contributed by atoms with Crippen LogP contribution in [0.4, 0.5) is 5.69 Å². The second-order valence-corrected chi connectivity index (χ2v) is 4.74. The number of methoxy groups -OCH3 is 1. The highest BCUT2D eigenvalue weighted by Gasteiger charge is 2.11. The van der Waals surface area contributed by atoms with Crippen LogP contribution in [-0.2, 0) is 13.7 Å². The van der Waals surface area contributed by atoms with Crippen molar-refractivity contribution in [1.29, 1.82) is 0 Å². The molecule has 0 atom stereocenters. The SMILES string of the molecule is COc1ccccc1OCc1nc2c(N)cccc2n1C. The average molecular weight is 283 g/mol. The summed E-state index contributed by atoms with van der Waals surface area (Å²) >= 11 is 0. The van der Waals surface area contributed by atoms with Crippen molar-refractivity contribution in [2.75, 3.05) is 12.8 Å². The maximum absolute atomic E-state index is 5.95. The van der Waals surface area contributed by atoms with Crippen molar-refractivity contribution in [2.45, 2.75) is 6.61 Å². The molecule has 0 spiro atoms. The van der Waals surface area contributed by atoms with Gasteiger partial charge >= 0.3 is 0 Å². The standard InChI is InChI=1S/C16H17N3O2/c1-19-12-7-5-6-11(17)16(12)18-15(19)10-21-14-9-4-3-8-13(14)20-2/h3-9H,10,17H2,1-2H3. The van der Waals surface area contributed by atoms with E-state index in [1.165, 1.54) is 0 Å². The van der Waals surface area contributed by atoms with Gasteiger partial charge in [0.1, 0.15) is 17.9 Å². The van der Waals surface area contributed by atoms with Crippen molar-refractivity contribution in [3.05, 3.63) is 48.3 Å². The van der Waals surface area contributed by atoms with Gasteiger partial charge < -0.3 is 19.8 Å². The zero-order valence-corrected chi connectivity index (χ0v) is 12.0. The minimum atomic E-state index is 0.352. The molecule has 1 aromatic heterocycles. The van der Waals surface area contributed by atoms with E-state index in [4.69, 9.17) is 15.2 Å². The van der Waals surface area contributed by atoms with E-state index in [1.807, 2.05) is 54.1 Å². The smallest absolute Gasteiger partial charge is 0.161 e. The zero-order chi connectivity index (χ0) is 14.8. The third-order valence-corrected chi connectivity index (χ3v) is 3.46. The van der Waals surface area contributed by atoms with E-state index in [-0.39, 0.29) is 0 Å². The molecule has 0 radical (unpaired) electrons. The van der Waals surface area contributed by atoms with E-state index in [0.717, 1.165) is 16.9 Å². The predicted octanol–water partition coefficient (Wildman–Crippen LogP) is 2.74. The second kappa shape index (κ2) is 5.36. The predicted molar refractivity (Wildman–Crippen MR) is 82.5 cm³/mol. The molecule has 3 aromatic rings. The molecule has 0 aliphatic carbocycles. The Kier molecular flexibility index (Phi) is 3.39. The summed E-state index contributed by atoms with van der Waals surface area (Å²) in [5.41, 5.74) is 8.43. The number of nitrogen functional groups attached to an aromatic ring is 1. The molecule has 0 unspecified atom stereocenters. The fourth-order valence-electron chi connectivity index (χ4n) is 2.29. The van der Waals surface area contributed by atoms with Gasteiger partial charge in [0.05, 0.1) is 18.3 Å². The molecular formula is C16H17N3O2. The lowest BCUT2D eigenvalue weighted by Crippen LogP contribution is -2.04. The van der Waals surface area contributed by atoms with Crippen molar-refractivity contribution >= 4 is 16.7 Å². The fourth-order valence-corrected chi connectivity index (χ4v) is 2.29. The van der Waals surface area contributed by atoms with Crippen LogP contribution in [-0.4, -0.2) is 16.7 Å². The average Bonchev–Trinajstić information content (AvgIpc) is 2.84. The number of hydrogen-bond acceptors (Lipinski definition) is 4. The van der Waals surface area contributed by atoms with Gasteiger partial charge in [-0.25, -0.2) is 4.98 Å². The van der Waals surface area contributed by atoms with Crippen LogP contribution in [0.5, 0.6) is 11.5 Å². The Bertz CT molecular complexity index is 780. The van der Waals surface area contributed by atoms with E-state index in [0.29, 0.717) is 23.8 Å². The molecule has 0 bridgehead atoms. The lowest BCUT2D eigenvalue weighted by atomic mass is 10.3. The molecule has 1 heterocycles. The monoisotopic (exact) mass is 283 g/mol. The Morgan fingerprint density at radius 2 is 1.86 bits per heavy atom. The van der Waals surface area contributed by atoms with Crippen LogP contribution in [0, 0.1) is 0 Å². The first-order valence-corrected chi connectivity index (χ1v) is 6.66. The highest BCUT2D eigenvalue weighted by Crippen LogP contribution is 2.27. The number of benzene rings is 2. The van der Waals surface area contributed by atoms with Gasteiger partial charge in [0.2, 0.25) is 0 Å². The number of aryl methyl sites for hydroxylation is 1. The van der Waals surface area contributed by atoms with Gasteiger partial charge in [0, 0.05) is 7.05 Å². The second-order valence-electron chi connectivity index (χ2n) is 4.74. The zero-order valence-electron chi connectivity index (χ0n) is 12.0. The van der Waals surface area contributed by atoms with E-state index in [1.54, 1.807) is 7.11 Å². The van der Waals surface area contributed by atoms with Gasteiger partial charge in [-0.2, -0.15) is 0 Å². The van der Waals surface area contributed by atoms with E-state index >= 15 is 0 Å². The lowest BCUT2D eigenvalue weighted by Gasteiger charge is -2.10. The van der Waals surface area contributed by atoms with Gasteiger partial charge in [0.25, 0.3) is 0 Å². The van der Waals surface area contributed by atoms with Crippen LogP contribution in [0.1, 0.15) is 5.82 Å². The number of imidazole rings is 1. The molecule has 21 heavy (non-hydrogen) atoms. The molecule has 0 fully saturated rings. The van der Waals surface area contributed by atoms with E-state index < -0.39 is 0 Å². The first kappa shape index (κ1) is 13.3. The minimum Gasteiger partial charge on any atom is -0.493 e. The highest BCUT2D eigenvalue weighted by molar-refractivity contribution is 5.87. The number of rotatable bonds is 4. The number of nitrogens with two attached hydrogens (primary N) is 1. The Balaban J connectivity index is 1.89. The number of nitrogens with zero attached hydrogens (tertiary/aromatic N) is 2. The lowest BCUT2D eigenvalue weighted by molar-refractivity contribution is 0.274. The summed E-state index contributed by atoms with van der Waals surface area (Å²) in [5.74, 6) is 2.21. The van der Waals surface area contributed by atoms with Gasteiger partial charge in [-0.15, -0.1) is 0 Å². The van der Waals surface area contributed by atoms with Crippen LogP contribution in [0.15, 0.2) is 42.5 Å².